The number of hydrogen-bond donors (Lipinski definition) is 2. The molecule has 0 aromatic rings. The van der Waals surface area contributed by atoms with E-state index in [0.29, 0.717) is 0 Å². The zero-order chi connectivity index (χ0) is 17.1. The Balaban J connectivity index is 2.83. The number of allylic oxidation sites excluding steroid dienone is 2. The van der Waals surface area contributed by atoms with Crippen LogP contribution in [0.25, 0.3) is 0 Å². The van der Waals surface area contributed by atoms with Crippen molar-refractivity contribution in [3.05, 3.63) is 12.2 Å². The number of rotatable bonds is 4. The Kier molecular flexibility index (Phi) is 5.74. The minimum absolute atomic E-state index is 0.0951. The zero-order valence-electron chi connectivity index (χ0n) is 14.1. The molecule has 6 heteroatoms. The normalized spacial score (nSPS) is 24.4. The fraction of sp³-hybridized carbons (Fsp3) is 0.688. The molecule has 22 heavy (non-hydrogen) atoms. The molecule has 0 aliphatic heterocycles. The van der Waals surface area contributed by atoms with Crippen LogP contribution < -0.4 is 11.2 Å². The molecule has 0 radical (unpaired) electrons. The summed E-state index contributed by atoms with van der Waals surface area (Å²) < 4.78 is 0. The van der Waals surface area contributed by atoms with E-state index in [0.717, 1.165) is 11.4 Å². The van der Waals surface area contributed by atoms with Gasteiger partial charge >= 0.3 is 6.03 Å². The number of Topliss-reactive ketones (excluding diaryl/α,β-unsaturated/α-hetero) is 1. The third-order valence-electron chi connectivity index (χ3n) is 4.31. The highest BCUT2D eigenvalue weighted by Crippen LogP contribution is 2.41. The van der Waals surface area contributed by atoms with Crippen LogP contribution in [-0.4, -0.2) is 28.8 Å². The topological polar surface area (TPSA) is 92.5 Å². The van der Waals surface area contributed by atoms with Crippen LogP contribution in [0.15, 0.2) is 12.2 Å². The second kappa shape index (κ2) is 6.94. The lowest BCUT2D eigenvalue weighted by atomic mass is 9.64. The summed E-state index contributed by atoms with van der Waals surface area (Å²) in [7, 11) is 0. The van der Waals surface area contributed by atoms with Gasteiger partial charge in [-0.1, -0.05) is 32.9 Å². The van der Waals surface area contributed by atoms with Gasteiger partial charge in [-0.3, -0.25) is 9.59 Å². The van der Waals surface area contributed by atoms with Gasteiger partial charge in [0.1, 0.15) is 5.78 Å². The molecule has 0 fully saturated rings. The average molecular weight is 309 g/mol. The average Bonchev–Trinajstić information content (AvgIpc) is 2.33. The Bertz CT molecular complexity index is 485. The highest BCUT2D eigenvalue weighted by Gasteiger charge is 2.40. The van der Waals surface area contributed by atoms with Gasteiger partial charge in [0.2, 0.25) is 5.91 Å². The summed E-state index contributed by atoms with van der Waals surface area (Å²) >= 11 is 0. The quantitative estimate of drug-likeness (QED) is 0.614. The van der Waals surface area contributed by atoms with E-state index < -0.39 is 12.1 Å². The molecule has 0 heterocycles. The van der Waals surface area contributed by atoms with Crippen LogP contribution in [0.5, 0.6) is 0 Å². The van der Waals surface area contributed by atoms with E-state index in [9.17, 15) is 14.4 Å². The third kappa shape index (κ3) is 4.32. The molecular weight excluding hydrogens is 282 g/mol. The van der Waals surface area contributed by atoms with Crippen molar-refractivity contribution in [2.45, 2.75) is 53.5 Å². The largest absolute Gasteiger partial charge is 0.350 e. The molecule has 1 rings (SSSR count). The van der Waals surface area contributed by atoms with E-state index in [1.807, 2.05) is 6.92 Å². The summed E-state index contributed by atoms with van der Waals surface area (Å²) in [4.78, 5) is 35.3. The van der Waals surface area contributed by atoms with E-state index in [1.54, 1.807) is 6.92 Å². The van der Waals surface area contributed by atoms with Gasteiger partial charge in [-0.15, -0.1) is 0 Å². The minimum Gasteiger partial charge on any atom is -0.350 e. The molecule has 0 spiro atoms. The molecule has 3 amide bonds. The second-order valence-electron chi connectivity index (χ2n) is 6.84. The molecule has 0 saturated carbocycles. The summed E-state index contributed by atoms with van der Waals surface area (Å²) in [6, 6.07) is -1.25. The molecule has 3 N–H and O–H groups in total. The summed E-state index contributed by atoms with van der Waals surface area (Å²) in [5, 5.41) is 1.12. The molecule has 0 aromatic heterocycles. The molecule has 0 bridgehead atoms. The van der Waals surface area contributed by atoms with Crippen LogP contribution in [0.4, 0.5) is 4.79 Å². The predicted molar refractivity (Wildman–Crippen MR) is 84.5 cm³/mol. The van der Waals surface area contributed by atoms with E-state index in [2.05, 4.69) is 31.4 Å². The molecule has 1 aliphatic rings. The SMILES string of the molecule is CC(=O)N(NC(N)=O)[C@H](C)CC(=O)[C@@H]1[C@H](C)C=CCC1(C)C. The highest BCUT2D eigenvalue weighted by atomic mass is 16.2. The number of amides is 3. The van der Waals surface area contributed by atoms with Gasteiger partial charge in [-0.25, -0.2) is 15.2 Å². The Morgan fingerprint density at radius 2 is 2.00 bits per heavy atom. The Morgan fingerprint density at radius 3 is 2.45 bits per heavy atom. The molecule has 1 aliphatic carbocycles. The van der Waals surface area contributed by atoms with Crippen molar-refractivity contribution < 1.29 is 14.4 Å². The van der Waals surface area contributed by atoms with Crippen molar-refractivity contribution in [3.8, 4) is 0 Å². The van der Waals surface area contributed by atoms with Crippen molar-refractivity contribution in [1.82, 2.24) is 10.4 Å². The zero-order valence-corrected chi connectivity index (χ0v) is 14.1. The summed E-state index contributed by atoms with van der Waals surface area (Å²) in [5.74, 6) is -0.178. The van der Waals surface area contributed by atoms with Gasteiger partial charge in [0, 0.05) is 19.3 Å². The first-order chi connectivity index (χ1) is 10.1. The van der Waals surface area contributed by atoms with E-state index in [-0.39, 0.29) is 35.4 Å². The molecule has 3 atom stereocenters. The second-order valence-corrected chi connectivity index (χ2v) is 6.84. The number of carbonyl (C=O) groups is 3. The first-order valence-electron chi connectivity index (χ1n) is 7.61. The molecule has 6 nitrogen and oxygen atoms in total. The molecule has 0 saturated heterocycles. The number of primary amides is 1. The Labute approximate surface area is 132 Å². The fourth-order valence-corrected chi connectivity index (χ4v) is 3.39. The van der Waals surface area contributed by atoms with Crippen LogP contribution in [0, 0.1) is 17.3 Å². The smallest absolute Gasteiger partial charge is 0.331 e. The maximum atomic E-state index is 12.7. The lowest BCUT2D eigenvalue weighted by Gasteiger charge is -2.39. The van der Waals surface area contributed by atoms with E-state index in [1.165, 1.54) is 6.92 Å². The fourth-order valence-electron chi connectivity index (χ4n) is 3.39. The maximum Gasteiger partial charge on any atom is 0.331 e. The minimum atomic E-state index is -0.816. The van der Waals surface area contributed by atoms with E-state index >= 15 is 0 Å². The Morgan fingerprint density at radius 1 is 1.41 bits per heavy atom. The van der Waals surface area contributed by atoms with Gasteiger partial charge in [0.25, 0.3) is 0 Å². The molecule has 0 aromatic carbocycles. The number of carbonyl (C=O) groups excluding carboxylic acids is 3. The number of nitrogens with zero attached hydrogens (tertiary/aromatic N) is 1. The van der Waals surface area contributed by atoms with Crippen molar-refractivity contribution in [1.29, 1.82) is 0 Å². The van der Waals surface area contributed by atoms with Gasteiger partial charge in [0.15, 0.2) is 0 Å². The van der Waals surface area contributed by atoms with Gasteiger partial charge in [-0.2, -0.15) is 0 Å². The molecule has 124 valence electrons. The lowest BCUT2D eigenvalue weighted by molar-refractivity contribution is -0.136. The standard InChI is InChI=1S/C16H27N3O3/c1-10-7-6-8-16(4,5)14(10)13(21)9-11(2)19(12(3)20)18-15(17)22/h6-7,10-11,14H,8-9H2,1-5H3,(H3,17,18,22)/t10-,11-,14+/m1/s1. The van der Waals surface area contributed by atoms with Crippen molar-refractivity contribution >= 4 is 17.7 Å². The summed E-state index contributed by atoms with van der Waals surface area (Å²) in [5.41, 5.74) is 7.24. The summed E-state index contributed by atoms with van der Waals surface area (Å²) in [6.07, 6.45) is 5.24. The van der Waals surface area contributed by atoms with Crippen LogP contribution >= 0.6 is 0 Å². The van der Waals surface area contributed by atoms with Crippen molar-refractivity contribution in [2.24, 2.45) is 23.0 Å². The Hall–Kier alpha value is -1.85. The number of hydrazine groups is 1. The van der Waals surface area contributed by atoms with Crippen LogP contribution in [-0.2, 0) is 9.59 Å². The maximum absolute atomic E-state index is 12.7. The van der Waals surface area contributed by atoms with Gasteiger partial charge < -0.3 is 5.73 Å². The first-order valence-corrected chi connectivity index (χ1v) is 7.61. The number of hydrogen-bond acceptors (Lipinski definition) is 3. The first kappa shape index (κ1) is 18.2. The number of nitrogens with two attached hydrogens (primary N) is 1. The van der Waals surface area contributed by atoms with E-state index in [4.69, 9.17) is 5.73 Å². The summed E-state index contributed by atoms with van der Waals surface area (Å²) in [6.45, 7) is 9.27. The monoisotopic (exact) mass is 309 g/mol. The van der Waals surface area contributed by atoms with Crippen molar-refractivity contribution in [2.75, 3.05) is 0 Å². The van der Waals surface area contributed by atoms with Crippen LogP contribution in [0.2, 0.25) is 0 Å². The molecule has 0 unspecified atom stereocenters. The molecular formula is C16H27N3O3. The van der Waals surface area contributed by atoms with Gasteiger partial charge in [-0.05, 0) is 24.7 Å². The lowest BCUT2D eigenvalue weighted by Crippen LogP contribution is -2.53. The van der Waals surface area contributed by atoms with Crippen molar-refractivity contribution in [3.63, 3.8) is 0 Å². The number of nitrogens with one attached hydrogen (secondary N) is 1. The van der Waals surface area contributed by atoms with Gasteiger partial charge in [0.05, 0.1) is 6.04 Å². The highest BCUT2D eigenvalue weighted by molar-refractivity contribution is 5.84. The van der Waals surface area contributed by atoms with Crippen LogP contribution in [0.1, 0.15) is 47.5 Å². The van der Waals surface area contributed by atoms with Crippen LogP contribution in [0.3, 0.4) is 0 Å². The number of ketones is 1. The number of urea groups is 1. The third-order valence-corrected chi connectivity index (χ3v) is 4.31. The predicted octanol–water partition coefficient (Wildman–Crippen LogP) is 2.00.